The Morgan fingerprint density at radius 3 is 2.59 bits per heavy atom. The summed E-state index contributed by atoms with van der Waals surface area (Å²) >= 11 is 0. The predicted octanol–water partition coefficient (Wildman–Crippen LogP) is 2.68. The molecule has 0 fully saturated rings. The normalized spacial score (nSPS) is 12.1. The number of carbonyl (C=O) groups is 1. The quantitative estimate of drug-likeness (QED) is 0.725. The number of nitrogens with one attached hydrogen (secondary N) is 2. The van der Waals surface area contributed by atoms with Gasteiger partial charge in [-0.25, -0.2) is 4.79 Å². The minimum absolute atomic E-state index is 0.276. The third-order valence-electron chi connectivity index (χ3n) is 3.81. The van der Waals surface area contributed by atoms with E-state index < -0.39 is 0 Å². The molecule has 2 N–H and O–H groups in total. The molecule has 1 aliphatic rings. The van der Waals surface area contributed by atoms with Gasteiger partial charge in [-0.2, -0.15) is 0 Å². The summed E-state index contributed by atoms with van der Waals surface area (Å²) in [6.07, 6.45) is 0. The maximum absolute atomic E-state index is 12.0. The molecule has 27 heavy (non-hydrogen) atoms. The van der Waals surface area contributed by atoms with E-state index in [0.29, 0.717) is 54.2 Å². The standard InChI is InChI=1S/C19H22N2O6/c1-23-15-4-3-5-16(18(15)24-2)25-9-8-20-19(22)21-13-6-7-14-17(12-13)27-11-10-26-14/h3-7,12H,8-11H2,1-2H3,(H2,20,21,22). The van der Waals surface area contributed by atoms with Gasteiger partial charge in [-0.3, -0.25) is 0 Å². The van der Waals surface area contributed by atoms with Gasteiger partial charge in [0.05, 0.1) is 20.8 Å². The van der Waals surface area contributed by atoms with Crippen molar-refractivity contribution in [2.75, 3.05) is 45.9 Å². The highest BCUT2D eigenvalue weighted by Gasteiger charge is 2.13. The van der Waals surface area contributed by atoms with E-state index in [2.05, 4.69) is 10.6 Å². The molecule has 0 saturated heterocycles. The lowest BCUT2D eigenvalue weighted by Gasteiger charge is -2.19. The fourth-order valence-electron chi connectivity index (χ4n) is 2.59. The van der Waals surface area contributed by atoms with Crippen LogP contribution in [0.25, 0.3) is 0 Å². The Labute approximate surface area is 157 Å². The zero-order valence-corrected chi connectivity index (χ0v) is 15.2. The summed E-state index contributed by atoms with van der Waals surface area (Å²) in [6.45, 7) is 1.61. The van der Waals surface area contributed by atoms with Crippen molar-refractivity contribution in [3.05, 3.63) is 36.4 Å². The number of fused-ring (bicyclic) bond motifs is 1. The summed E-state index contributed by atoms with van der Waals surface area (Å²) in [5.41, 5.74) is 0.618. The van der Waals surface area contributed by atoms with Gasteiger partial charge in [0, 0.05) is 11.8 Å². The van der Waals surface area contributed by atoms with Gasteiger partial charge in [-0.05, 0) is 24.3 Å². The number of carbonyl (C=O) groups excluding carboxylic acids is 1. The monoisotopic (exact) mass is 374 g/mol. The maximum atomic E-state index is 12.0. The zero-order valence-electron chi connectivity index (χ0n) is 15.2. The largest absolute Gasteiger partial charge is 0.493 e. The van der Waals surface area contributed by atoms with E-state index in [1.54, 1.807) is 50.6 Å². The molecule has 0 bridgehead atoms. The van der Waals surface area contributed by atoms with Gasteiger partial charge >= 0.3 is 6.03 Å². The summed E-state index contributed by atoms with van der Waals surface area (Å²) in [5.74, 6) is 2.94. The Morgan fingerprint density at radius 2 is 1.81 bits per heavy atom. The lowest BCUT2D eigenvalue weighted by Crippen LogP contribution is -2.32. The molecule has 2 aromatic carbocycles. The van der Waals surface area contributed by atoms with Crippen molar-refractivity contribution in [1.29, 1.82) is 0 Å². The van der Waals surface area contributed by atoms with Gasteiger partial charge in [0.1, 0.15) is 19.8 Å². The Bertz CT molecular complexity index is 796. The first kappa shape index (κ1) is 18.5. The van der Waals surface area contributed by atoms with Crippen molar-refractivity contribution < 1.29 is 28.5 Å². The average molecular weight is 374 g/mol. The van der Waals surface area contributed by atoms with Gasteiger partial charge in [-0.15, -0.1) is 0 Å². The molecule has 2 amide bonds. The first-order chi connectivity index (χ1) is 13.2. The summed E-state index contributed by atoms with van der Waals surface area (Å²) in [4.78, 5) is 12.0. The molecule has 0 atom stereocenters. The lowest BCUT2D eigenvalue weighted by molar-refractivity contribution is 0.171. The minimum atomic E-state index is -0.340. The van der Waals surface area contributed by atoms with Gasteiger partial charge in [0.2, 0.25) is 5.75 Å². The molecule has 144 valence electrons. The van der Waals surface area contributed by atoms with Gasteiger partial charge in [0.15, 0.2) is 23.0 Å². The first-order valence-electron chi connectivity index (χ1n) is 8.49. The number of methoxy groups -OCH3 is 2. The van der Waals surface area contributed by atoms with Gasteiger partial charge in [-0.1, -0.05) is 6.07 Å². The Morgan fingerprint density at radius 1 is 1.04 bits per heavy atom. The minimum Gasteiger partial charge on any atom is -0.493 e. The van der Waals surface area contributed by atoms with Crippen molar-refractivity contribution in [3.63, 3.8) is 0 Å². The number of ether oxygens (including phenoxy) is 5. The van der Waals surface area contributed by atoms with Crippen LogP contribution in [0.15, 0.2) is 36.4 Å². The fourth-order valence-corrected chi connectivity index (χ4v) is 2.59. The predicted molar refractivity (Wildman–Crippen MR) is 99.5 cm³/mol. The molecule has 8 heteroatoms. The second kappa shape index (κ2) is 8.88. The number of urea groups is 1. The van der Waals surface area contributed by atoms with Crippen LogP contribution < -0.4 is 34.3 Å². The van der Waals surface area contributed by atoms with Crippen molar-refractivity contribution in [2.24, 2.45) is 0 Å². The van der Waals surface area contributed by atoms with E-state index in [1.807, 2.05) is 0 Å². The maximum Gasteiger partial charge on any atom is 0.319 e. The van der Waals surface area contributed by atoms with Crippen molar-refractivity contribution in [3.8, 4) is 28.7 Å². The van der Waals surface area contributed by atoms with E-state index in [9.17, 15) is 4.79 Å². The molecule has 1 aliphatic heterocycles. The van der Waals surface area contributed by atoms with Gasteiger partial charge in [0.25, 0.3) is 0 Å². The summed E-state index contributed by atoms with van der Waals surface area (Å²) in [7, 11) is 3.11. The molecule has 3 rings (SSSR count). The summed E-state index contributed by atoms with van der Waals surface area (Å²) in [6, 6.07) is 10.3. The van der Waals surface area contributed by atoms with E-state index >= 15 is 0 Å². The van der Waals surface area contributed by atoms with E-state index in [4.69, 9.17) is 23.7 Å². The van der Waals surface area contributed by atoms with E-state index in [0.717, 1.165) is 0 Å². The Hall–Kier alpha value is -3.29. The van der Waals surface area contributed by atoms with Crippen LogP contribution in [-0.4, -0.2) is 46.6 Å². The summed E-state index contributed by atoms with van der Waals surface area (Å²) < 4.78 is 27.1. The SMILES string of the molecule is COc1cccc(OCCNC(=O)Nc2ccc3c(c2)OCCO3)c1OC. The zero-order chi connectivity index (χ0) is 19.1. The van der Waals surface area contributed by atoms with Crippen molar-refractivity contribution in [2.45, 2.75) is 0 Å². The van der Waals surface area contributed by atoms with Crippen LogP contribution in [0.3, 0.4) is 0 Å². The third-order valence-corrected chi connectivity index (χ3v) is 3.81. The number of benzene rings is 2. The first-order valence-corrected chi connectivity index (χ1v) is 8.49. The van der Waals surface area contributed by atoms with Crippen molar-refractivity contribution in [1.82, 2.24) is 5.32 Å². The van der Waals surface area contributed by atoms with Crippen LogP contribution in [0, 0.1) is 0 Å². The fraction of sp³-hybridized carbons (Fsp3) is 0.316. The number of rotatable bonds is 7. The van der Waals surface area contributed by atoms with Crippen LogP contribution in [0.2, 0.25) is 0 Å². The lowest BCUT2D eigenvalue weighted by atomic mass is 10.2. The highest BCUT2D eigenvalue weighted by atomic mass is 16.6. The Balaban J connectivity index is 1.46. The highest BCUT2D eigenvalue weighted by Crippen LogP contribution is 2.36. The van der Waals surface area contributed by atoms with Crippen molar-refractivity contribution >= 4 is 11.7 Å². The Kier molecular flexibility index (Phi) is 6.09. The van der Waals surface area contributed by atoms with Crippen LogP contribution in [-0.2, 0) is 0 Å². The second-order valence-electron chi connectivity index (χ2n) is 5.58. The molecule has 0 saturated carbocycles. The number of hydrogen-bond acceptors (Lipinski definition) is 6. The molecule has 0 radical (unpaired) electrons. The smallest absolute Gasteiger partial charge is 0.319 e. The molecule has 2 aromatic rings. The van der Waals surface area contributed by atoms with Crippen LogP contribution >= 0.6 is 0 Å². The van der Waals surface area contributed by atoms with Gasteiger partial charge < -0.3 is 34.3 Å². The number of anilines is 1. The topological polar surface area (TPSA) is 87.3 Å². The van der Waals surface area contributed by atoms with Crippen LogP contribution in [0.4, 0.5) is 10.5 Å². The van der Waals surface area contributed by atoms with Crippen LogP contribution in [0.5, 0.6) is 28.7 Å². The number of para-hydroxylation sites is 1. The molecule has 1 heterocycles. The average Bonchev–Trinajstić information content (AvgIpc) is 2.70. The van der Waals surface area contributed by atoms with E-state index in [-0.39, 0.29) is 12.6 Å². The molecular weight excluding hydrogens is 352 g/mol. The molecule has 8 nitrogen and oxygen atoms in total. The third kappa shape index (κ3) is 4.66. The molecule has 0 unspecified atom stereocenters. The second-order valence-corrected chi connectivity index (χ2v) is 5.58. The number of hydrogen-bond donors (Lipinski definition) is 2. The highest BCUT2D eigenvalue weighted by molar-refractivity contribution is 5.89. The number of amides is 2. The van der Waals surface area contributed by atoms with E-state index in [1.165, 1.54) is 0 Å². The molecule has 0 aliphatic carbocycles. The molecule has 0 aromatic heterocycles. The summed E-state index contributed by atoms with van der Waals surface area (Å²) in [5, 5.41) is 5.47. The van der Waals surface area contributed by atoms with Crippen LogP contribution in [0.1, 0.15) is 0 Å². The molecule has 0 spiro atoms. The molecular formula is C19H22N2O6.